The molecule has 0 fully saturated rings. The van der Waals surface area contributed by atoms with E-state index in [-0.39, 0.29) is 0 Å². The van der Waals surface area contributed by atoms with Crippen molar-refractivity contribution in [2.45, 2.75) is 32.7 Å². The minimum atomic E-state index is -0.628. The summed E-state index contributed by atoms with van der Waals surface area (Å²) < 4.78 is 5.67. The maximum Gasteiger partial charge on any atom is 0.138 e. The van der Waals surface area contributed by atoms with Gasteiger partial charge in [-0.3, -0.25) is 5.32 Å². The van der Waals surface area contributed by atoms with Crippen molar-refractivity contribution in [3.05, 3.63) is 29.8 Å². The Labute approximate surface area is 103 Å². The molecule has 0 saturated carbocycles. The van der Waals surface area contributed by atoms with Crippen LogP contribution in [0, 0.1) is 11.3 Å². The summed E-state index contributed by atoms with van der Waals surface area (Å²) >= 11 is 0. The highest BCUT2D eigenvalue weighted by molar-refractivity contribution is 5.28. The van der Waals surface area contributed by atoms with Crippen LogP contribution in [0.4, 0.5) is 0 Å². The second-order valence-electron chi connectivity index (χ2n) is 4.26. The van der Waals surface area contributed by atoms with Crippen molar-refractivity contribution in [3.63, 3.8) is 0 Å². The molecule has 17 heavy (non-hydrogen) atoms. The number of benzene rings is 1. The molecule has 1 aromatic rings. The Kier molecular flexibility index (Phi) is 4.99. The summed E-state index contributed by atoms with van der Waals surface area (Å²) in [4.78, 5) is 0. The molecule has 1 aromatic carbocycles. The maximum atomic E-state index is 9.10. The number of aryl methyl sites for hydroxylation is 1. The van der Waals surface area contributed by atoms with E-state index in [0.29, 0.717) is 6.61 Å². The van der Waals surface area contributed by atoms with E-state index >= 15 is 0 Å². The van der Waals surface area contributed by atoms with Crippen LogP contribution >= 0.6 is 0 Å². The summed E-state index contributed by atoms with van der Waals surface area (Å²) in [7, 11) is 0. The van der Waals surface area contributed by atoms with Gasteiger partial charge < -0.3 is 4.74 Å². The molecule has 1 N–H and O–H groups in total. The van der Waals surface area contributed by atoms with Crippen molar-refractivity contribution < 1.29 is 4.74 Å². The van der Waals surface area contributed by atoms with Gasteiger partial charge in [-0.2, -0.15) is 5.26 Å². The molecule has 0 heterocycles. The Morgan fingerprint density at radius 3 is 2.76 bits per heavy atom. The van der Waals surface area contributed by atoms with Crippen molar-refractivity contribution in [2.24, 2.45) is 0 Å². The molecule has 0 spiro atoms. The van der Waals surface area contributed by atoms with Gasteiger partial charge in [0.05, 0.1) is 6.07 Å². The Morgan fingerprint density at radius 2 is 2.18 bits per heavy atom. The predicted octanol–water partition coefficient (Wildman–Crippen LogP) is 2.52. The average Bonchev–Trinajstić information content (AvgIpc) is 2.37. The van der Waals surface area contributed by atoms with E-state index in [4.69, 9.17) is 10.00 Å². The van der Waals surface area contributed by atoms with Gasteiger partial charge in [0.25, 0.3) is 0 Å². The number of nitriles is 1. The van der Waals surface area contributed by atoms with Crippen molar-refractivity contribution in [1.29, 1.82) is 5.26 Å². The topological polar surface area (TPSA) is 45.0 Å². The number of hydrogen-bond donors (Lipinski definition) is 1. The summed E-state index contributed by atoms with van der Waals surface area (Å²) in [6.07, 6.45) is 0.986. The third kappa shape index (κ3) is 4.08. The standard InChI is InChI=1S/C14H20N2O/c1-4-12-7-6-8-13(9-12)17-11-14(3,10-15)16-5-2/h6-9,16H,4-5,11H2,1-3H3. The maximum absolute atomic E-state index is 9.10. The Hall–Kier alpha value is -1.53. The summed E-state index contributed by atoms with van der Waals surface area (Å²) in [6.45, 7) is 7.04. The molecule has 0 amide bonds. The zero-order chi connectivity index (χ0) is 12.7. The summed E-state index contributed by atoms with van der Waals surface area (Å²) in [5, 5.41) is 12.2. The minimum Gasteiger partial charge on any atom is -0.491 e. The van der Waals surface area contributed by atoms with Crippen LogP contribution in [0.5, 0.6) is 5.75 Å². The Bertz CT molecular complexity index is 397. The van der Waals surface area contributed by atoms with Crippen LogP contribution in [0.1, 0.15) is 26.3 Å². The largest absolute Gasteiger partial charge is 0.491 e. The van der Waals surface area contributed by atoms with E-state index in [2.05, 4.69) is 24.4 Å². The number of likely N-dealkylation sites (N-methyl/N-ethyl adjacent to an activating group) is 1. The van der Waals surface area contributed by atoms with E-state index in [9.17, 15) is 0 Å². The predicted molar refractivity (Wildman–Crippen MR) is 69.0 cm³/mol. The van der Waals surface area contributed by atoms with Crippen molar-refractivity contribution in [1.82, 2.24) is 5.32 Å². The van der Waals surface area contributed by atoms with Gasteiger partial charge in [-0.1, -0.05) is 26.0 Å². The van der Waals surface area contributed by atoms with Crippen LogP contribution < -0.4 is 10.1 Å². The molecule has 0 aliphatic carbocycles. The van der Waals surface area contributed by atoms with Gasteiger partial charge in [-0.25, -0.2) is 0 Å². The average molecular weight is 232 g/mol. The van der Waals surface area contributed by atoms with E-state index in [1.807, 2.05) is 32.0 Å². The fraction of sp³-hybridized carbons (Fsp3) is 0.500. The fourth-order valence-corrected chi connectivity index (χ4v) is 1.60. The molecular formula is C14H20N2O. The monoisotopic (exact) mass is 232 g/mol. The second-order valence-corrected chi connectivity index (χ2v) is 4.26. The van der Waals surface area contributed by atoms with Crippen LogP contribution in [0.15, 0.2) is 24.3 Å². The molecule has 1 unspecified atom stereocenters. The lowest BCUT2D eigenvalue weighted by Crippen LogP contribution is -2.46. The first-order valence-electron chi connectivity index (χ1n) is 6.01. The first-order valence-corrected chi connectivity index (χ1v) is 6.01. The third-order valence-electron chi connectivity index (χ3n) is 2.65. The van der Waals surface area contributed by atoms with Gasteiger partial charge in [-0.05, 0) is 37.6 Å². The van der Waals surface area contributed by atoms with Crippen LogP contribution in [0.2, 0.25) is 0 Å². The zero-order valence-corrected chi connectivity index (χ0v) is 10.8. The second kappa shape index (κ2) is 6.27. The number of ether oxygens (including phenoxy) is 1. The highest BCUT2D eigenvalue weighted by atomic mass is 16.5. The Balaban J connectivity index is 2.63. The molecule has 0 aromatic heterocycles. The zero-order valence-electron chi connectivity index (χ0n) is 10.8. The molecule has 0 bridgehead atoms. The van der Waals surface area contributed by atoms with Gasteiger partial charge in [0.1, 0.15) is 17.9 Å². The molecule has 3 nitrogen and oxygen atoms in total. The number of rotatable bonds is 6. The highest BCUT2D eigenvalue weighted by Crippen LogP contribution is 2.15. The molecule has 92 valence electrons. The summed E-state index contributed by atoms with van der Waals surface area (Å²) in [5.74, 6) is 0.823. The molecule has 0 aliphatic heterocycles. The van der Waals surface area contributed by atoms with E-state index in [0.717, 1.165) is 18.7 Å². The lowest BCUT2D eigenvalue weighted by Gasteiger charge is -2.22. The fourth-order valence-electron chi connectivity index (χ4n) is 1.60. The van der Waals surface area contributed by atoms with Gasteiger partial charge in [0.2, 0.25) is 0 Å². The van der Waals surface area contributed by atoms with Gasteiger partial charge >= 0.3 is 0 Å². The van der Waals surface area contributed by atoms with E-state index in [1.165, 1.54) is 5.56 Å². The molecule has 3 heteroatoms. The van der Waals surface area contributed by atoms with Crippen LogP contribution in [0.3, 0.4) is 0 Å². The van der Waals surface area contributed by atoms with Crippen molar-refractivity contribution in [3.8, 4) is 11.8 Å². The summed E-state index contributed by atoms with van der Waals surface area (Å²) in [6, 6.07) is 10.2. The van der Waals surface area contributed by atoms with Gasteiger partial charge in [0, 0.05) is 0 Å². The normalized spacial score (nSPS) is 13.8. The van der Waals surface area contributed by atoms with Crippen molar-refractivity contribution in [2.75, 3.05) is 13.2 Å². The number of hydrogen-bond acceptors (Lipinski definition) is 3. The van der Waals surface area contributed by atoms with Crippen LogP contribution in [-0.2, 0) is 6.42 Å². The van der Waals surface area contributed by atoms with Gasteiger partial charge in [0.15, 0.2) is 0 Å². The number of nitrogens with zero attached hydrogens (tertiary/aromatic N) is 1. The van der Waals surface area contributed by atoms with Crippen LogP contribution in [0.25, 0.3) is 0 Å². The van der Waals surface area contributed by atoms with Crippen molar-refractivity contribution >= 4 is 0 Å². The lowest BCUT2D eigenvalue weighted by atomic mass is 10.1. The first-order chi connectivity index (χ1) is 8.13. The van der Waals surface area contributed by atoms with Crippen LogP contribution in [-0.4, -0.2) is 18.7 Å². The van der Waals surface area contributed by atoms with E-state index in [1.54, 1.807) is 0 Å². The Morgan fingerprint density at radius 1 is 1.41 bits per heavy atom. The molecule has 0 aliphatic rings. The van der Waals surface area contributed by atoms with Gasteiger partial charge in [-0.15, -0.1) is 0 Å². The smallest absolute Gasteiger partial charge is 0.138 e. The minimum absolute atomic E-state index is 0.352. The first kappa shape index (κ1) is 13.5. The highest BCUT2D eigenvalue weighted by Gasteiger charge is 2.23. The molecule has 1 atom stereocenters. The quantitative estimate of drug-likeness (QED) is 0.819. The molecular weight excluding hydrogens is 212 g/mol. The molecule has 0 radical (unpaired) electrons. The summed E-state index contributed by atoms with van der Waals surface area (Å²) in [5.41, 5.74) is 0.612. The number of nitrogens with one attached hydrogen (secondary N) is 1. The molecule has 1 rings (SSSR count). The molecule has 0 saturated heterocycles. The SMILES string of the molecule is CCNC(C)(C#N)COc1cccc(CC)c1. The van der Waals surface area contributed by atoms with E-state index < -0.39 is 5.54 Å². The third-order valence-corrected chi connectivity index (χ3v) is 2.65. The lowest BCUT2D eigenvalue weighted by molar-refractivity contribution is 0.236.